The maximum Gasteiger partial charge on any atom is 0.433 e. The summed E-state index contributed by atoms with van der Waals surface area (Å²) in [5, 5.41) is 14.8. The Labute approximate surface area is 227 Å². The number of rotatable bonds is 8. The van der Waals surface area contributed by atoms with Gasteiger partial charge in [-0.05, 0) is 79.9 Å². The number of aliphatic hydroxyl groups is 1. The number of benzene rings is 1. The highest BCUT2D eigenvalue weighted by Crippen LogP contribution is 2.34. The lowest BCUT2D eigenvalue weighted by Gasteiger charge is -2.15. The number of nitrogens with zero attached hydrogens (tertiary/aromatic N) is 3. The van der Waals surface area contributed by atoms with E-state index in [0.717, 1.165) is 12.3 Å². The minimum atomic E-state index is -4.74. The molecular weight excluding hydrogens is 530 g/mol. The van der Waals surface area contributed by atoms with Crippen LogP contribution in [0.2, 0.25) is 0 Å². The number of halogens is 4. The van der Waals surface area contributed by atoms with Crippen molar-refractivity contribution < 1.29 is 32.2 Å². The molecule has 0 aliphatic carbocycles. The fraction of sp³-hybridized carbons (Fsp3) is 0.214. The van der Waals surface area contributed by atoms with Crippen LogP contribution in [0.4, 0.5) is 29.1 Å². The van der Waals surface area contributed by atoms with Gasteiger partial charge in [0.1, 0.15) is 23.6 Å². The van der Waals surface area contributed by atoms with E-state index in [2.05, 4.69) is 25.6 Å². The predicted octanol–water partition coefficient (Wildman–Crippen LogP) is 6.07. The third-order valence-corrected chi connectivity index (χ3v) is 5.69. The Morgan fingerprint density at radius 2 is 1.80 bits per heavy atom. The molecule has 3 heterocycles. The quantitative estimate of drug-likeness (QED) is 0.179. The molecule has 4 aromatic rings. The van der Waals surface area contributed by atoms with Gasteiger partial charge in [-0.1, -0.05) is 0 Å². The zero-order valence-electron chi connectivity index (χ0n) is 21.7. The van der Waals surface area contributed by atoms with E-state index in [-0.39, 0.29) is 11.3 Å². The molecule has 0 saturated carbocycles. The van der Waals surface area contributed by atoms with Crippen LogP contribution in [-0.2, 0) is 6.18 Å². The van der Waals surface area contributed by atoms with Crippen LogP contribution in [0, 0.1) is 12.7 Å². The summed E-state index contributed by atoms with van der Waals surface area (Å²) >= 11 is 0. The maximum absolute atomic E-state index is 14.9. The first-order valence-corrected chi connectivity index (χ1v) is 12.2. The second kappa shape index (κ2) is 11.7. The van der Waals surface area contributed by atoms with E-state index in [0.29, 0.717) is 52.3 Å². The van der Waals surface area contributed by atoms with Gasteiger partial charge in [0.25, 0.3) is 5.91 Å². The Balaban J connectivity index is 1.73. The van der Waals surface area contributed by atoms with Crippen molar-refractivity contribution in [3.63, 3.8) is 0 Å². The number of pyridine rings is 3. The number of amides is 1. The Morgan fingerprint density at radius 3 is 2.50 bits per heavy atom. The number of alkyl halides is 3. The van der Waals surface area contributed by atoms with Gasteiger partial charge < -0.3 is 20.5 Å². The molecule has 0 aliphatic rings. The highest BCUT2D eigenvalue weighted by molar-refractivity contribution is 6.04. The Hall–Kier alpha value is -4.58. The molecule has 0 radical (unpaired) electrons. The van der Waals surface area contributed by atoms with Gasteiger partial charge in [-0.15, -0.1) is 0 Å². The zero-order valence-corrected chi connectivity index (χ0v) is 21.7. The van der Waals surface area contributed by atoms with Gasteiger partial charge >= 0.3 is 6.18 Å². The van der Waals surface area contributed by atoms with Crippen molar-refractivity contribution in [1.29, 1.82) is 0 Å². The first-order chi connectivity index (χ1) is 18.9. The van der Waals surface area contributed by atoms with Crippen LogP contribution < -0.4 is 15.4 Å². The van der Waals surface area contributed by atoms with Gasteiger partial charge in [-0.25, -0.2) is 14.4 Å². The number of carbonyl (C=O) groups is 1. The molecule has 3 N–H and O–H groups in total. The second-order valence-corrected chi connectivity index (χ2v) is 8.79. The van der Waals surface area contributed by atoms with Crippen LogP contribution >= 0.6 is 0 Å². The van der Waals surface area contributed by atoms with Crippen LogP contribution in [0.5, 0.6) is 5.88 Å². The number of carbonyl (C=O) groups excluding carboxylic acids is 1. The van der Waals surface area contributed by atoms with E-state index in [9.17, 15) is 27.5 Å². The van der Waals surface area contributed by atoms with Crippen LogP contribution in [-0.4, -0.2) is 38.8 Å². The lowest BCUT2D eigenvalue weighted by molar-refractivity contribution is -0.141. The number of anilines is 2. The molecule has 0 aliphatic heterocycles. The second-order valence-electron chi connectivity index (χ2n) is 8.79. The number of hydrogen-bond donors (Lipinski definition) is 3. The summed E-state index contributed by atoms with van der Waals surface area (Å²) in [6, 6.07) is 11.1. The van der Waals surface area contributed by atoms with Gasteiger partial charge in [0.15, 0.2) is 0 Å². The molecule has 40 heavy (non-hydrogen) atoms. The van der Waals surface area contributed by atoms with E-state index in [1.54, 1.807) is 51.2 Å². The van der Waals surface area contributed by atoms with E-state index in [1.165, 1.54) is 12.1 Å². The molecule has 208 valence electrons. The summed E-state index contributed by atoms with van der Waals surface area (Å²) in [5.74, 6) is -0.975. The summed E-state index contributed by atoms with van der Waals surface area (Å²) in [5.41, 5.74) is 1.03. The summed E-state index contributed by atoms with van der Waals surface area (Å²) < 4.78 is 59.7. The summed E-state index contributed by atoms with van der Waals surface area (Å²) in [4.78, 5) is 24.7. The van der Waals surface area contributed by atoms with E-state index >= 15 is 0 Å². The number of aliphatic hydroxyl groups excluding tert-OH is 1. The molecule has 8 nitrogen and oxygen atoms in total. The number of aryl methyl sites for hydroxylation is 1. The molecule has 1 atom stereocenters. The van der Waals surface area contributed by atoms with Crippen LogP contribution in [0.3, 0.4) is 0 Å². The zero-order chi connectivity index (χ0) is 29.0. The molecule has 1 unspecified atom stereocenters. The molecule has 3 aromatic heterocycles. The monoisotopic (exact) mass is 555 g/mol. The number of ether oxygens (including phenoxy) is 1. The number of nitrogens with one attached hydrogen (secondary N) is 2. The maximum atomic E-state index is 14.9. The number of aromatic nitrogens is 3. The first-order valence-electron chi connectivity index (χ1n) is 12.2. The Bertz CT molecular complexity index is 1540. The van der Waals surface area contributed by atoms with Crippen LogP contribution in [0.1, 0.15) is 35.5 Å². The summed E-state index contributed by atoms with van der Waals surface area (Å²) in [7, 11) is 0. The highest BCUT2D eigenvalue weighted by atomic mass is 19.4. The minimum Gasteiger partial charge on any atom is -0.478 e. The smallest absolute Gasteiger partial charge is 0.433 e. The van der Waals surface area contributed by atoms with E-state index in [1.807, 2.05) is 0 Å². The van der Waals surface area contributed by atoms with E-state index in [4.69, 9.17) is 4.74 Å². The van der Waals surface area contributed by atoms with Crippen molar-refractivity contribution in [2.24, 2.45) is 0 Å². The van der Waals surface area contributed by atoms with Crippen molar-refractivity contribution in [3.05, 3.63) is 83.6 Å². The largest absolute Gasteiger partial charge is 0.478 e. The topological polar surface area (TPSA) is 109 Å². The van der Waals surface area contributed by atoms with Crippen molar-refractivity contribution in [3.8, 4) is 28.3 Å². The van der Waals surface area contributed by atoms with Gasteiger partial charge in [0.2, 0.25) is 5.88 Å². The normalized spacial score (nSPS) is 12.1. The molecule has 0 saturated heterocycles. The average Bonchev–Trinajstić information content (AvgIpc) is 2.89. The SMILES string of the molecule is CCOc1cc(-c2cc(NC(=O)c3ccnc(C(F)(F)F)c3)c(F)cc2C)cc(-c2ccnc(NC(C)O)c2)n1. The molecule has 1 amide bonds. The van der Waals surface area contributed by atoms with Gasteiger partial charge in [-0.3, -0.25) is 9.78 Å². The van der Waals surface area contributed by atoms with Crippen molar-refractivity contribution in [2.45, 2.75) is 33.2 Å². The van der Waals surface area contributed by atoms with Gasteiger partial charge in [-0.2, -0.15) is 13.2 Å². The predicted molar refractivity (Wildman–Crippen MR) is 141 cm³/mol. The molecule has 1 aromatic carbocycles. The van der Waals surface area contributed by atoms with Crippen molar-refractivity contribution in [1.82, 2.24) is 15.0 Å². The Morgan fingerprint density at radius 1 is 1.05 bits per heavy atom. The summed E-state index contributed by atoms with van der Waals surface area (Å²) in [6.45, 7) is 5.36. The van der Waals surface area contributed by atoms with Crippen LogP contribution in [0.15, 0.2) is 60.9 Å². The lowest BCUT2D eigenvalue weighted by Crippen LogP contribution is -2.16. The average molecular weight is 556 g/mol. The van der Waals surface area contributed by atoms with Crippen LogP contribution in [0.25, 0.3) is 22.4 Å². The third-order valence-electron chi connectivity index (χ3n) is 5.69. The molecule has 0 spiro atoms. The Kier molecular flexibility index (Phi) is 8.29. The van der Waals surface area contributed by atoms with Crippen molar-refractivity contribution in [2.75, 3.05) is 17.2 Å². The highest BCUT2D eigenvalue weighted by Gasteiger charge is 2.33. The lowest BCUT2D eigenvalue weighted by atomic mass is 9.98. The fourth-order valence-corrected chi connectivity index (χ4v) is 3.91. The fourth-order valence-electron chi connectivity index (χ4n) is 3.91. The van der Waals surface area contributed by atoms with Gasteiger partial charge in [0, 0.05) is 29.6 Å². The van der Waals surface area contributed by atoms with E-state index < -0.39 is 29.8 Å². The molecular formula is C28H25F4N5O3. The molecule has 4 rings (SSSR count). The van der Waals surface area contributed by atoms with Crippen molar-refractivity contribution >= 4 is 17.4 Å². The minimum absolute atomic E-state index is 0.223. The molecule has 0 fully saturated rings. The third kappa shape index (κ3) is 6.70. The molecule has 12 heteroatoms. The molecule has 0 bridgehead atoms. The summed E-state index contributed by atoms with van der Waals surface area (Å²) in [6.07, 6.45) is -3.15. The number of hydrogen-bond acceptors (Lipinski definition) is 7. The standard InChI is InChI=1S/C28H25F4N5O3/c1-4-40-26-13-19(10-22(36-26)17-5-8-34-25(12-17)35-16(3)38)20-14-23(21(29)9-15(20)2)37-27(39)18-6-7-33-24(11-18)28(30,31)32/h5-14,16,38H,4H2,1-3H3,(H,34,35)(H,37,39). The van der Waals surface area contributed by atoms with Gasteiger partial charge in [0.05, 0.1) is 18.0 Å². The first kappa shape index (κ1) is 28.4.